The molecular weight excluding hydrogens is 549 g/mol. The molecule has 177 valence electrons. The van der Waals surface area contributed by atoms with E-state index in [-0.39, 0.29) is 15.2 Å². The van der Waals surface area contributed by atoms with Crippen LogP contribution in [-0.2, 0) is 0 Å². The summed E-state index contributed by atoms with van der Waals surface area (Å²) >= 11 is 6.15. The Kier molecular flexibility index (Phi) is 8.67. The van der Waals surface area contributed by atoms with E-state index >= 15 is 0 Å². The molecule has 2 aromatic heterocycles. The van der Waals surface area contributed by atoms with E-state index in [1.54, 1.807) is 0 Å². The van der Waals surface area contributed by atoms with Gasteiger partial charge in [-0.05, 0) is 53.0 Å². The fraction of sp³-hybridized carbons (Fsp3) is 0.100. The van der Waals surface area contributed by atoms with Crippen molar-refractivity contribution in [3.05, 3.63) is 77.9 Å². The molecule has 0 aliphatic carbocycles. The third-order valence-corrected chi connectivity index (χ3v) is 5.29. The van der Waals surface area contributed by atoms with E-state index < -0.39 is 57.2 Å². The molecule has 0 amide bonds. The summed E-state index contributed by atoms with van der Waals surface area (Å²) in [7, 11) is 4.34. The zero-order chi connectivity index (χ0) is 25.9. The first-order valence-electron chi connectivity index (χ1n) is 8.81. The van der Waals surface area contributed by atoms with Gasteiger partial charge in [0.15, 0.2) is 34.3 Å². The molecule has 0 saturated heterocycles. The van der Waals surface area contributed by atoms with Crippen molar-refractivity contribution in [3.63, 3.8) is 0 Å². The molecule has 0 spiro atoms. The maximum atomic E-state index is 13.4. The zero-order valence-corrected chi connectivity index (χ0v) is 19.6. The van der Waals surface area contributed by atoms with E-state index in [2.05, 4.69) is 49.5 Å². The number of nitrogens with zero attached hydrogens (tertiary/aromatic N) is 1. The molecule has 2 heterocycles. The van der Waals surface area contributed by atoms with Gasteiger partial charge in [0.25, 0.3) is 0 Å². The first-order chi connectivity index (χ1) is 15.8. The Hall–Kier alpha value is -3.13. The summed E-state index contributed by atoms with van der Waals surface area (Å²) in [5, 5.41) is 18.2. The van der Waals surface area contributed by atoms with E-state index in [1.807, 2.05) is 0 Å². The molecule has 4 rings (SSSR count). The van der Waals surface area contributed by atoms with Gasteiger partial charge in [-0.15, -0.1) is 0 Å². The fourth-order valence-corrected chi connectivity index (χ4v) is 3.04. The van der Waals surface area contributed by atoms with Crippen LogP contribution < -0.4 is 11.3 Å². The van der Waals surface area contributed by atoms with Crippen molar-refractivity contribution in [2.75, 3.05) is 0 Å². The molecule has 1 radical (unpaired) electrons. The number of benzene rings is 2. The van der Waals surface area contributed by atoms with Crippen LogP contribution in [0.1, 0.15) is 11.1 Å². The number of phenols is 2. The standard InChI is InChI=1S/C10H5BrF2O3.C10H6F2O3.BHNS/c1-3-4-2-5(12)8(14)7(13)9(4)16-10(15)6(3)11;1-4-2-7(13)15-10-5(4)3-6(11)9(14)8(10)12;1-2-3/h2,14H,1H3;2-3,14H,1H3;3H. The van der Waals surface area contributed by atoms with Crippen molar-refractivity contribution in [1.29, 1.82) is 0 Å². The summed E-state index contributed by atoms with van der Waals surface area (Å²) in [5.41, 5.74) is -1.67. The molecule has 34 heavy (non-hydrogen) atoms. The molecule has 4 aromatic rings. The molecule has 0 aliphatic rings. The Morgan fingerprint density at radius 2 is 1.35 bits per heavy atom. The van der Waals surface area contributed by atoms with Gasteiger partial charge in [0, 0.05) is 16.8 Å². The number of rotatable bonds is 0. The Labute approximate surface area is 202 Å². The van der Waals surface area contributed by atoms with Crippen molar-refractivity contribution in [2.45, 2.75) is 13.8 Å². The number of hydrogen-bond donors (Lipinski definition) is 3. The number of hydrogen-bond acceptors (Lipinski definition) is 8. The minimum atomic E-state index is -1.28. The summed E-state index contributed by atoms with van der Waals surface area (Å²) in [4.78, 5) is 22.2. The predicted octanol–water partition coefficient (Wildman–Crippen LogP) is 5.12. The molecule has 2 N–H and O–H groups in total. The van der Waals surface area contributed by atoms with Crippen LogP contribution in [0.2, 0.25) is 0 Å². The molecule has 14 heteroatoms. The third kappa shape index (κ3) is 5.33. The van der Waals surface area contributed by atoms with Gasteiger partial charge in [0.05, 0.1) is 0 Å². The molecular formula is C20H12BBrF4NO6S. The third-order valence-electron chi connectivity index (χ3n) is 4.37. The van der Waals surface area contributed by atoms with Gasteiger partial charge in [-0.25, -0.2) is 18.4 Å². The van der Waals surface area contributed by atoms with Crippen LogP contribution in [-0.4, -0.2) is 17.9 Å². The summed E-state index contributed by atoms with van der Waals surface area (Å²) in [6.07, 6.45) is 0. The van der Waals surface area contributed by atoms with E-state index in [0.29, 0.717) is 11.1 Å². The number of fused-ring (bicyclic) bond motifs is 2. The second-order valence-electron chi connectivity index (χ2n) is 6.49. The SMILES string of the molecule is Cc1c(Br)c(=O)oc2c(F)c(O)c(F)cc12.Cc1cc(=O)oc2c(F)c(O)c(F)cc12.[B]=NS. The normalized spacial score (nSPS) is 10.3. The Balaban J connectivity index is 0.000000216. The Morgan fingerprint density at radius 1 is 0.912 bits per heavy atom. The van der Waals surface area contributed by atoms with Gasteiger partial charge < -0.3 is 19.0 Å². The molecule has 0 bridgehead atoms. The van der Waals surface area contributed by atoms with Crippen LogP contribution in [0.3, 0.4) is 0 Å². The zero-order valence-electron chi connectivity index (χ0n) is 17.1. The Bertz CT molecular complexity index is 1540. The predicted molar refractivity (Wildman–Crippen MR) is 122 cm³/mol. The van der Waals surface area contributed by atoms with Crippen molar-refractivity contribution in [2.24, 2.45) is 4.30 Å². The fourth-order valence-electron chi connectivity index (χ4n) is 2.75. The van der Waals surface area contributed by atoms with Crippen LogP contribution in [0, 0.1) is 37.1 Å². The molecule has 2 aromatic carbocycles. The van der Waals surface area contributed by atoms with Crippen LogP contribution in [0.15, 0.2) is 45.4 Å². The molecule has 0 aliphatic heterocycles. The first-order valence-corrected chi connectivity index (χ1v) is 10.0. The van der Waals surface area contributed by atoms with E-state index in [4.69, 9.17) is 10.2 Å². The summed E-state index contributed by atoms with van der Waals surface area (Å²) in [5.74, 6) is -7.02. The van der Waals surface area contributed by atoms with Gasteiger partial charge in [-0.1, -0.05) is 0 Å². The van der Waals surface area contributed by atoms with Crippen molar-refractivity contribution < 1.29 is 36.6 Å². The number of aryl methyl sites for hydroxylation is 2. The van der Waals surface area contributed by atoms with Gasteiger partial charge in [-0.3, -0.25) is 0 Å². The molecule has 0 saturated carbocycles. The van der Waals surface area contributed by atoms with Gasteiger partial charge in [-0.2, -0.15) is 8.78 Å². The van der Waals surface area contributed by atoms with Gasteiger partial charge >= 0.3 is 36.0 Å². The summed E-state index contributed by atoms with van der Waals surface area (Å²) in [6.45, 7) is 3.04. The first kappa shape index (κ1) is 27.1. The minimum absolute atomic E-state index is 0.0966. The number of halogens is 5. The second kappa shape index (κ2) is 10.9. The molecule has 0 unspecified atom stereocenters. The monoisotopic (exact) mass is 560 g/mol. The van der Waals surface area contributed by atoms with Crippen LogP contribution in [0.25, 0.3) is 21.9 Å². The van der Waals surface area contributed by atoms with E-state index in [1.165, 1.54) is 13.8 Å². The second-order valence-corrected chi connectivity index (χ2v) is 7.51. The summed E-state index contributed by atoms with van der Waals surface area (Å²) < 4.78 is 64.8. The van der Waals surface area contributed by atoms with Crippen molar-refractivity contribution >= 4 is 58.3 Å². The topological polar surface area (TPSA) is 113 Å². The molecule has 7 nitrogen and oxygen atoms in total. The average Bonchev–Trinajstić information content (AvgIpc) is 2.77. The molecule has 0 atom stereocenters. The number of thiol groups is 1. The number of phenolic OH excluding ortho intramolecular Hbond substituents is 2. The van der Waals surface area contributed by atoms with Gasteiger partial charge in [0.2, 0.25) is 11.6 Å². The molecule has 0 fully saturated rings. The maximum absolute atomic E-state index is 13.4. The van der Waals surface area contributed by atoms with Gasteiger partial charge in [0.1, 0.15) is 4.47 Å². The van der Waals surface area contributed by atoms with E-state index in [0.717, 1.165) is 18.2 Å². The van der Waals surface area contributed by atoms with Crippen molar-refractivity contribution in [3.8, 4) is 11.5 Å². The Morgan fingerprint density at radius 3 is 1.85 bits per heavy atom. The van der Waals surface area contributed by atoms with Crippen LogP contribution in [0.4, 0.5) is 17.6 Å². The van der Waals surface area contributed by atoms with Crippen LogP contribution in [0.5, 0.6) is 11.5 Å². The number of aromatic hydroxyl groups is 2. The van der Waals surface area contributed by atoms with Crippen molar-refractivity contribution in [1.82, 2.24) is 0 Å². The van der Waals surface area contributed by atoms with Crippen LogP contribution >= 0.6 is 28.7 Å². The quantitative estimate of drug-likeness (QED) is 0.119. The van der Waals surface area contributed by atoms with E-state index in [9.17, 15) is 27.2 Å². The summed E-state index contributed by atoms with van der Waals surface area (Å²) in [6, 6.07) is 2.96. The average molecular weight is 561 g/mol.